The van der Waals surface area contributed by atoms with E-state index in [1.54, 1.807) is 18.8 Å². The highest BCUT2D eigenvalue weighted by molar-refractivity contribution is 7.99. The van der Waals surface area contributed by atoms with Crippen LogP contribution in [0.2, 0.25) is 0 Å². The number of nitrogens with one attached hydrogen (secondary N) is 2. The molecule has 0 saturated carbocycles. The molecular formula is C21H36N2O2S. The Morgan fingerprint density at radius 1 is 0.923 bits per heavy atom. The highest BCUT2D eigenvalue weighted by Crippen LogP contribution is 2.13. The van der Waals surface area contributed by atoms with Crippen molar-refractivity contribution in [3.8, 4) is 0 Å². The van der Waals surface area contributed by atoms with Gasteiger partial charge in [-0.15, -0.1) is 0 Å². The van der Waals surface area contributed by atoms with Crippen molar-refractivity contribution < 1.29 is 9.59 Å². The summed E-state index contributed by atoms with van der Waals surface area (Å²) in [4.78, 5) is 22.9. The summed E-state index contributed by atoms with van der Waals surface area (Å²) in [5, 5.41) is 5.27. The quantitative estimate of drug-likeness (QED) is 0.390. The van der Waals surface area contributed by atoms with E-state index in [1.165, 1.54) is 23.6 Å². The topological polar surface area (TPSA) is 58.2 Å². The van der Waals surface area contributed by atoms with E-state index in [9.17, 15) is 9.59 Å². The van der Waals surface area contributed by atoms with Crippen molar-refractivity contribution in [1.82, 2.24) is 10.6 Å². The zero-order valence-corrected chi connectivity index (χ0v) is 18.1. The number of thioether (sulfide) groups is 1. The van der Waals surface area contributed by atoms with Gasteiger partial charge in [-0.2, -0.15) is 11.8 Å². The van der Waals surface area contributed by atoms with Crippen LogP contribution in [0.15, 0.2) is 34.9 Å². The van der Waals surface area contributed by atoms with Crippen LogP contribution in [0.3, 0.4) is 0 Å². The van der Waals surface area contributed by atoms with Gasteiger partial charge < -0.3 is 10.6 Å². The van der Waals surface area contributed by atoms with E-state index >= 15 is 0 Å². The van der Waals surface area contributed by atoms with Gasteiger partial charge in [-0.1, -0.05) is 34.9 Å². The zero-order chi connectivity index (χ0) is 19.9. The molecule has 0 bridgehead atoms. The van der Waals surface area contributed by atoms with Crippen LogP contribution < -0.4 is 10.6 Å². The van der Waals surface area contributed by atoms with Gasteiger partial charge in [0.05, 0.1) is 0 Å². The average molecular weight is 381 g/mol. The van der Waals surface area contributed by atoms with Crippen LogP contribution in [0, 0.1) is 0 Å². The summed E-state index contributed by atoms with van der Waals surface area (Å²) in [5.41, 5.74) is 4.20. The van der Waals surface area contributed by atoms with Gasteiger partial charge in [-0.25, -0.2) is 0 Å². The average Bonchev–Trinajstić information content (AvgIpc) is 2.56. The Labute approximate surface area is 164 Å². The Kier molecular flexibility index (Phi) is 13.8. The molecule has 5 heteroatoms. The molecule has 0 rings (SSSR count). The van der Waals surface area contributed by atoms with Crippen molar-refractivity contribution in [3.05, 3.63) is 34.9 Å². The number of hydrogen-bond donors (Lipinski definition) is 2. The second-order valence-corrected chi connectivity index (χ2v) is 7.94. The minimum Gasteiger partial charge on any atom is -0.357 e. The molecule has 2 amide bonds. The van der Waals surface area contributed by atoms with Gasteiger partial charge >= 0.3 is 0 Å². The second kappa shape index (κ2) is 14.7. The summed E-state index contributed by atoms with van der Waals surface area (Å²) in [7, 11) is 1.58. The lowest BCUT2D eigenvalue weighted by molar-refractivity contribution is -0.127. The Morgan fingerprint density at radius 2 is 1.50 bits per heavy atom. The fourth-order valence-corrected chi connectivity index (χ4v) is 3.34. The van der Waals surface area contributed by atoms with Crippen LogP contribution in [0.1, 0.15) is 60.3 Å². The molecule has 0 spiro atoms. The van der Waals surface area contributed by atoms with Crippen molar-refractivity contribution >= 4 is 23.6 Å². The third-order valence-corrected chi connectivity index (χ3v) is 4.87. The lowest BCUT2D eigenvalue weighted by atomic mass is 10.1. The molecule has 26 heavy (non-hydrogen) atoms. The largest absolute Gasteiger partial charge is 0.357 e. The van der Waals surface area contributed by atoms with Crippen LogP contribution in [0.4, 0.5) is 0 Å². The smallest absolute Gasteiger partial charge is 0.243 e. The highest BCUT2D eigenvalue weighted by Gasteiger charge is 2.17. The molecule has 4 nitrogen and oxygen atoms in total. The molecule has 2 N–H and O–H groups in total. The van der Waals surface area contributed by atoms with Gasteiger partial charge in [0.2, 0.25) is 11.8 Å². The fraction of sp³-hybridized carbons (Fsp3) is 0.619. The molecule has 1 unspecified atom stereocenters. The monoisotopic (exact) mass is 380 g/mol. The van der Waals surface area contributed by atoms with E-state index < -0.39 is 6.04 Å². The third-order valence-electron chi connectivity index (χ3n) is 3.90. The van der Waals surface area contributed by atoms with E-state index in [-0.39, 0.29) is 11.8 Å². The first-order valence-electron chi connectivity index (χ1n) is 9.27. The first-order valence-corrected chi connectivity index (χ1v) is 10.4. The molecule has 0 aromatic rings. The minimum atomic E-state index is -0.470. The highest BCUT2D eigenvalue weighted by atomic mass is 32.2. The lowest BCUT2D eigenvalue weighted by Crippen LogP contribution is -2.46. The third kappa shape index (κ3) is 13.8. The number of hydrogen-bond acceptors (Lipinski definition) is 3. The number of carbonyl (C=O) groups is 2. The van der Waals surface area contributed by atoms with Crippen molar-refractivity contribution in [1.29, 1.82) is 0 Å². The molecule has 0 heterocycles. The molecule has 0 aliphatic heterocycles. The first kappa shape index (κ1) is 24.5. The number of likely N-dealkylation sites (N-methyl/N-ethyl adjacent to an activating group) is 1. The molecule has 0 saturated heterocycles. The molecule has 148 valence electrons. The Balaban J connectivity index is 4.14. The van der Waals surface area contributed by atoms with Crippen LogP contribution in [0.25, 0.3) is 0 Å². The van der Waals surface area contributed by atoms with Crippen LogP contribution in [-0.4, -0.2) is 36.4 Å². The van der Waals surface area contributed by atoms with E-state index in [1.807, 2.05) is 0 Å². The molecule has 0 radical (unpaired) electrons. The van der Waals surface area contributed by atoms with Gasteiger partial charge in [0, 0.05) is 25.5 Å². The zero-order valence-electron chi connectivity index (χ0n) is 17.3. The molecule has 0 aromatic carbocycles. The maximum absolute atomic E-state index is 11.7. The molecular weight excluding hydrogens is 344 g/mol. The first-order chi connectivity index (χ1) is 12.3. The summed E-state index contributed by atoms with van der Waals surface area (Å²) < 4.78 is 0. The molecule has 0 fully saturated rings. The SMILES string of the molecule is CNC(=O)C(CSCC=C(C)CCC=C(C)CCC=C(C)C)NC(C)=O. The summed E-state index contributed by atoms with van der Waals surface area (Å²) in [6.07, 6.45) is 11.2. The van der Waals surface area contributed by atoms with E-state index in [0.29, 0.717) is 5.75 Å². The van der Waals surface area contributed by atoms with Crippen molar-refractivity contribution in [2.75, 3.05) is 18.6 Å². The van der Waals surface area contributed by atoms with Gasteiger partial charge in [0.25, 0.3) is 0 Å². The molecule has 1 atom stereocenters. The Morgan fingerprint density at radius 3 is 2.04 bits per heavy atom. The normalized spacial score (nSPS) is 13.2. The van der Waals surface area contributed by atoms with Crippen molar-refractivity contribution in [2.24, 2.45) is 0 Å². The predicted molar refractivity (Wildman–Crippen MR) is 114 cm³/mol. The van der Waals surface area contributed by atoms with Gasteiger partial charge in [0.1, 0.15) is 6.04 Å². The van der Waals surface area contributed by atoms with Crippen molar-refractivity contribution in [3.63, 3.8) is 0 Å². The lowest BCUT2D eigenvalue weighted by Gasteiger charge is -2.15. The molecule has 0 aromatic heterocycles. The number of amides is 2. The summed E-state index contributed by atoms with van der Waals surface area (Å²) in [5.74, 6) is 1.09. The van der Waals surface area contributed by atoms with E-state index in [4.69, 9.17) is 0 Å². The predicted octanol–water partition coefficient (Wildman–Crippen LogP) is 4.39. The van der Waals surface area contributed by atoms with E-state index in [2.05, 4.69) is 56.6 Å². The number of rotatable bonds is 12. The number of allylic oxidation sites excluding steroid dienone is 5. The van der Waals surface area contributed by atoms with Gasteiger partial charge in [-0.3, -0.25) is 9.59 Å². The number of carbonyl (C=O) groups excluding carboxylic acids is 2. The van der Waals surface area contributed by atoms with E-state index in [0.717, 1.165) is 31.4 Å². The Bertz CT molecular complexity index is 532. The van der Waals surface area contributed by atoms with Crippen molar-refractivity contribution in [2.45, 2.75) is 66.3 Å². The maximum atomic E-state index is 11.7. The van der Waals surface area contributed by atoms with Gasteiger partial charge in [0.15, 0.2) is 0 Å². The maximum Gasteiger partial charge on any atom is 0.243 e. The van der Waals surface area contributed by atoms with Crippen LogP contribution in [-0.2, 0) is 9.59 Å². The standard InChI is InChI=1S/C21H36N2O2S/c1-16(2)9-7-10-17(3)11-8-12-18(4)13-14-26-15-20(21(25)22-6)23-19(5)24/h9,11,13,20H,7-8,10,12,14-15H2,1-6H3,(H,22,25)(H,23,24). The van der Waals surface area contributed by atoms with Gasteiger partial charge in [-0.05, 0) is 53.4 Å². The summed E-state index contributed by atoms with van der Waals surface area (Å²) in [6, 6.07) is -0.470. The van der Waals surface area contributed by atoms with Crippen LogP contribution >= 0.6 is 11.8 Å². The summed E-state index contributed by atoms with van der Waals surface area (Å²) >= 11 is 1.66. The van der Waals surface area contributed by atoms with Crippen LogP contribution in [0.5, 0.6) is 0 Å². The summed E-state index contributed by atoms with van der Waals surface area (Å²) in [6.45, 7) is 10.1. The fourth-order valence-electron chi connectivity index (χ4n) is 2.33. The molecule has 0 aliphatic carbocycles. The molecule has 0 aliphatic rings. The second-order valence-electron chi connectivity index (χ2n) is 6.86. The Hall–Kier alpha value is -1.49. The minimum absolute atomic E-state index is 0.151.